The first-order valence-corrected chi connectivity index (χ1v) is 6.59. The Morgan fingerprint density at radius 1 is 1.25 bits per heavy atom. The quantitative estimate of drug-likeness (QED) is 0.559. The summed E-state index contributed by atoms with van der Waals surface area (Å²) in [6.07, 6.45) is 5.05. The molecule has 5 nitrogen and oxygen atoms in total. The fourth-order valence-electron chi connectivity index (χ4n) is 1.67. The van der Waals surface area contributed by atoms with Crippen molar-refractivity contribution in [2.24, 2.45) is 5.73 Å². The summed E-state index contributed by atoms with van der Waals surface area (Å²) >= 11 is 0. The molecule has 0 unspecified atom stereocenters. The van der Waals surface area contributed by atoms with Crippen LogP contribution >= 0.6 is 0 Å². The maximum Gasteiger partial charge on any atom is 0.243 e. The van der Waals surface area contributed by atoms with E-state index in [4.69, 9.17) is 15.2 Å². The number of hydrogen-bond donors (Lipinski definition) is 2. The molecule has 0 atom stereocenters. The van der Waals surface area contributed by atoms with Crippen LogP contribution in [0, 0.1) is 0 Å². The molecule has 0 saturated carbocycles. The average molecular weight is 278 g/mol. The third-order valence-corrected chi connectivity index (χ3v) is 2.76. The number of unbranched alkanes of at least 4 members (excludes halogenated alkanes) is 1. The highest BCUT2D eigenvalue weighted by atomic mass is 16.5. The molecule has 1 rings (SSSR count). The van der Waals surface area contributed by atoms with Gasteiger partial charge >= 0.3 is 0 Å². The summed E-state index contributed by atoms with van der Waals surface area (Å²) in [7, 11) is 3.16. The van der Waals surface area contributed by atoms with Crippen LogP contribution in [-0.2, 0) is 4.79 Å². The molecule has 20 heavy (non-hydrogen) atoms. The molecule has 0 radical (unpaired) electrons. The number of carbonyl (C=O) groups excluding carboxylic acids is 1. The summed E-state index contributed by atoms with van der Waals surface area (Å²) in [5.41, 5.74) is 6.26. The molecule has 3 N–H and O–H groups in total. The Morgan fingerprint density at radius 3 is 2.65 bits per heavy atom. The van der Waals surface area contributed by atoms with Crippen LogP contribution in [0.3, 0.4) is 0 Å². The van der Waals surface area contributed by atoms with E-state index in [1.807, 2.05) is 12.1 Å². The smallest absolute Gasteiger partial charge is 0.243 e. The van der Waals surface area contributed by atoms with Gasteiger partial charge in [-0.3, -0.25) is 4.79 Å². The molecular weight excluding hydrogens is 256 g/mol. The second kappa shape index (κ2) is 8.98. The molecule has 0 saturated heterocycles. The fraction of sp³-hybridized carbons (Fsp3) is 0.400. The van der Waals surface area contributed by atoms with Gasteiger partial charge < -0.3 is 20.5 Å². The molecule has 0 aromatic heterocycles. The largest absolute Gasteiger partial charge is 0.493 e. The number of amides is 1. The highest BCUT2D eigenvalue weighted by molar-refractivity contribution is 5.91. The first-order valence-electron chi connectivity index (χ1n) is 6.59. The minimum Gasteiger partial charge on any atom is -0.493 e. The molecule has 5 heteroatoms. The first kappa shape index (κ1) is 16.0. The topological polar surface area (TPSA) is 73.6 Å². The summed E-state index contributed by atoms with van der Waals surface area (Å²) < 4.78 is 10.4. The van der Waals surface area contributed by atoms with Crippen LogP contribution < -0.4 is 20.5 Å². The number of benzene rings is 1. The number of hydrogen-bond acceptors (Lipinski definition) is 4. The van der Waals surface area contributed by atoms with E-state index in [0.717, 1.165) is 18.4 Å². The minimum atomic E-state index is -0.114. The standard InChI is InChI=1S/C15H22N2O3/c1-19-13-7-5-12(11-14(13)20-2)6-8-15(18)17-10-4-3-9-16/h5-8,11H,3-4,9-10,16H2,1-2H3,(H,17,18). The lowest BCUT2D eigenvalue weighted by atomic mass is 10.2. The molecule has 0 bridgehead atoms. The van der Waals surface area contributed by atoms with Gasteiger partial charge in [0.05, 0.1) is 14.2 Å². The maximum atomic E-state index is 11.6. The van der Waals surface area contributed by atoms with E-state index in [9.17, 15) is 4.79 Å². The summed E-state index contributed by atoms with van der Waals surface area (Å²) in [5.74, 6) is 1.19. The van der Waals surface area contributed by atoms with Gasteiger partial charge in [0.25, 0.3) is 0 Å². The van der Waals surface area contributed by atoms with Gasteiger partial charge in [0.15, 0.2) is 11.5 Å². The van der Waals surface area contributed by atoms with Gasteiger partial charge in [-0.15, -0.1) is 0 Å². The normalized spacial score (nSPS) is 10.6. The number of nitrogens with two attached hydrogens (primary N) is 1. The highest BCUT2D eigenvalue weighted by Crippen LogP contribution is 2.27. The minimum absolute atomic E-state index is 0.114. The molecule has 0 aliphatic heterocycles. The van der Waals surface area contributed by atoms with E-state index in [2.05, 4.69) is 5.32 Å². The zero-order chi connectivity index (χ0) is 14.8. The van der Waals surface area contributed by atoms with Crippen LogP contribution in [0.15, 0.2) is 24.3 Å². The third kappa shape index (κ3) is 5.32. The summed E-state index contributed by atoms with van der Waals surface area (Å²) in [6, 6.07) is 5.48. The van der Waals surface area contributed by atoms with Crippen molar-refractivity contribution >= 4 is 12.0 Å². The van der Waals surface area contributed by atoms with Gasteiger partial charge in [-0.2, -0.15) is 0 Å². The Morgan fingerprint density at radius 2 is 2.00 bits per heavy atom. The molecule has 1 amide bonds. The van der Waals surface area contributed by atoms with Gasteiger partial charge in [0.2, 0.25) is 5.91 Å². The van der Waals surface area contributed by atoms with E-state index in [0.29, 0.717) is 24.6 Å². The molecule has 0 aliphatic rings. The van der Waals surface area contributed by atoms with Gasteiger partial charge in [-0.25, -0.2) is 0 Å². The Balaban J connectivity index is 2.54. The summed E-state index contributed by atoms with van der Waals surface area (Å²) in [5, 5.41) is 2.80. The first-order chi connectivity index (χ1) is 9.71. The second-order valence-corrected chi connectivity index (χ2v) is 4.23. The van der Waals surface area contributed by atoms with E-state index < -0.39 is 0 Å². The van der Waals surface area contributed by atoms with Crippen LogP contribution in [0.1, 0.15) is 18.4 Å². The monoisotopic (exact) mass is 278 g/mol. The number of nitrogens with one attached hydrogen (secondary N) is 1. The van der Waals surface area contributed by atoms with Gasteiger partial charge in [-0.1, -0.05) is 6.07 Å². The van der Waals surface area contributed by atoms with E-state index in [1.54, 1.807) is 26.4 Å². The van der Waals surface area contributed by atoms with Gasteiger partial charge in [0.1, 0.15) is 0 Å². The molecule has 0 aliphatic carbocycles. The Kier molecular flexibility index (Phi) is 7.21. The van der Waals surface area contributed by atoms with Crippen molar-refractivity contribution in [1.82, 2.24) is 5.32 Å². The highest BCUT2D eigenvalue weighted by Gasteiger charge is 2.03. The Bertz CT molecular complexity index is 458. The number of rotatable bonds is 8. The fourth-order valence-corrected chi connectivity index (χ4v) is 1.67. The van der Waals surface area contributed by atoms with Gasteiger partial charge in [-0.05, 0) is 43.2 Å². The Hall–Kier alpha value is -2.01. The lowest BCUT2D eigenvalue weighted by Crippen LogP contribution is -2.22. The lowest BCUT2D eigenvalue weighted by molar-refractivity contribution is -0.116. The van der Waals surface area contributed by atoms with Gasteiger partial charge in [0, 0.05) is 12.6 Å². The lowest BCUT2D eigenvalue weighted by Gasteiger charge is -2.07. The molecule has 0 fully saturated rings. The van der Waals surface area contributed by atoms with Crippen LogP contribution in [0.5, 0.6) is 11.5 Å². The van der Waals surface area contributed by atoms with Crippen LogP contribution in [0.2, 0.25) is 0 Å². The molecular formula is C15H22N2O3. The third-order valence-electron chi connectivity index (χ3n) is 2.76. The molecule has 0 spiro atoms. The summed E-state index contributed by atoms with van der Waals surface area (Å²) in [6.45, 7) is 1.30. The Labute approximate surface area is 119 Å². The van der Waals surface area contributed by atoms with Crippen LogP contribution in [-0.4, -0.2) is 33.2 Å². The average Bonchev–Trinajstić information content (AvgIpc) is 2.49. The summed E-state index contributed by atoms with van der Waals surface area (Å²) in [4.78, 5) is 11.6. The zero-order valence-corrected chi connectivity index (χ0v) is 12.0. The van der Waals surface area contributed by atoms with E-state index in [-0.39, 0.29) is 5.91 Å². The van der Waals surface area contributed by atoms with Crippen molar-refractivity contribution < 1.29 is 14.3 Å². The number of ether oxygens (including phenoxy) is 2. The van der Waals surface area contributed by atoms with E-state index >= 15 is 0 Å². The van der Waals surface area contributed by atoms with Crippen LogP contribution in [0.4, 0.5) is 0 Å². The second-order valence-electron chi connectivity index (χ2n) is 4.23. The van der Waals surface area contributed by atoms with Crippen molar-refractivity contribution in [2.45, 2.75) is 12.8 Å². The molecule has 1 aromatic carbocycles. The predicted molar refractivity (Wildman–Crippen MR) is 79.9 cm³/mol. The number of carbonyl (C=O) groups is 1. The molecule has 110 valence electrons. The maximum absolute atomic E-state index is 11.6. The zero-order valence-electron chi connectivity index (χ0n) is 12.0. The van der Waals surface area contributed by atoms with Crippen molar-refractivity contribution in [3.05, 3.63) is 29.8 Å². The van der Waals surface area contributed by atoms with E-state index in [1.165, 1.54) is 6.08 Å². The molecule has 1 aromatic rings. The number of methoxy groups -OCH3 is 2. The van der Waals surface area contributed by atoms with Crippen molar-refractivity contribution in [1.29, 1.82) is 0 Å². The van der Waals surface area contributed by atoms with Crippen molar-refractivity contribution in [3.8, 4) is 11.5 Å². The molecule has 0 heterocycles. The van der Waals surface area contributed by atoms with Crippen LogP contribution in [0.25, 0.3) is 6.08 Å². The van der Waals surface area contributed by atoms with Crippen molar-refractivity contribution in [2.75, 3.05) is 27.3 Å². The SMILES string of the molecule is COc1ccc(C=CC(=O)NCCCCN)cc1OC. The van der Waals surface area contributed by atoms with Crippen molar-refractivity contribution in [3.63, 3.8) is 0 Å². The predicted octanol–water partition coefficient (Wildman–Crippen LogP) is 1.57.